The lowest BCUT2D eigenvalue weighted by molar-refractivity contribution is -0.260. The molecule has 35 heavy (non-hydrogen) atoms. The van der Waals surface area contributed by atoms with Gasteiger partial charge in [-0.05, 0) is 36.4 Å². The second-order valence-electron chi connectivity index (χ2n) is 7.72. The van der Waals surface area contributed by atoms with Gasteiger partial charge in [-0.15, -0.1) is 0 Å². The topological polar surface area (TPSA) is 97.4 Å². The molecule has 3 aromatic carbocycles. The van der Waals surface area contributed by atoms with E-state index in [1.807, 2.05) is 0 Å². The highest BCUT2D eigenvalue weighted by Crippen LogP contribution is 2.27. The number of carbonyl (C=O) groups excluding carboxylic acids is 3. The van der Waals surface area contributed by atoms with Crippen molar-refractivity contribution in [3.05, 3.63) is 108 Å². The minimum absolute atomic E-state index is 0.136. The molecule has 1 heterocycles. The third-order valence-electron chi connectivity index (χ3n) is 5.39. The minimum atomic E-state index is -1.21. The Bertz CT molecular complexity index is 1130. The van der Waals surface area contributed by atoms with Gasteiger partial charge in [-0.25, -0.2) is 14.4 Å². The zero-order chi connectivity index (χ0) is 24.6. The molecule has 3 aromatic rings. The predicted molar refractivity (Wildman–Crippen MR) is 124 cm³/mol. The fourth-order valence-electron chi connectivity index (χ4n) is 3.63. The van der Waals surface area contributed by atoms with Gasteiger partial charge in [0.25, 0.3) is 0 Å². The summed E-state index contributed by atoms with van der Waals surface area (Å²) in [4.78, 5) is 38.5. The average Bonchev–Trinajstić information content (AvgIpc) is 2.91. The fourth-order valence-corrected chi connectivity index (χ4v) is 3.63. The van der Waals surface area contributed by atoms with Crippen LogP contribution >= 0.6 is 0 Å². The zero-order valence-electron chi connectivity index (χ0n) is 18.9. The first kappa shape index (κ1) is 24.1. The summed E-state index contributed by atoms with van der Waals surface area (Å²) in [7, 11) is 1.38. The molecule has 4 atom stereocenters. The first-order valence-electron chi connectivity index (χ1n) is 11.0. The number of methoxy groups -OCH3 is 1. The first-order chi connectivity index (χ1) is 17.1. The Morgan fingerprint density at radius 3 is 1.46 bits per heavy atom. The van der Waals surface area contributed by atoms with Crippen LogP contribution in [0.25, 0.3) is 0 Å². The molecule has 0 aromatic heterocycles. The number of benzene rings is 3. The summed E-state index contributed by atoms with van der Waals surface area (Å²) in [6.45, 7) is -0.136. The van der Waals surface area contributed by atoms with Crippen molar-refractivity contribution in [3.63, 3.8) is 0 Å². The lowest BCUT2D eigenvalue weighted by Gasteiger charge is -2.40. The monoisotopic (exact) mass is 476 g/mol. The number of hydrogen-bond acceptors (Lipinski definition) is 8. The van der Waals surface area contributed by atoms with E-state index in [9.17, 15) is 14.4 Å². The summed E-state index contributed by atoms with van der Waals surface area (Å²) in [6, 6.07) is 25.0. The van der Waals surface area contributed by atoms with Crippen LogP contribution in [0.5, 0.6) is 0 Å². The second-order valence-corrected chi connectivity index (χ2v) is 7.72. The van der Waals surface area contributed by atoms with E-state index in [1.165, 1.54) is 7.11 Å². The summed E-state index contributed by atoms with van der Waals surface area (Å²) >= 11 is 0. The van der Waals surface area contributed by atoms with Crippen molar-refractivity contribution in [2.24, 2.45) is 0 Å². The van der Waals surface area contributed by atoms with Gasteiger partial charge in [0.05, 0.1) is 23.3 Å². The van der Waals surface area contributed by atoms with Crippen LogP contribution in [0.2, 0.25) is 0 Å². The molecule has 0 unspecified atom stereocenters. The maximum Gasteiger partial charge on any atom is 0.338 e. The Morgan fingerprint density at radius 1 is 0.629 bits per heavy atom. The van der Waals surface area contributed by atoms with Gasteiger partial charge in [0.15, 0.2) is 24.6 Å². The molecule has 0 aliphatic carbocycles. The van der Waals surface area contributed by atoms with Crippen LogP contribution in [0.4, 0.5) is 0 Å². The number of rotatable bonds is 7. The van der Waals surface area contributed by atoms with Gasteiger partial charge < -0.3 is 23.7 Å². The largest absolute Gasteiger partial charge is 0.452 e. The van der Waals surface area contributed by atoms with Crippen molar-refractivity contribution < 1.29 is 38.1 Å². The number of ether oxygens (including phenoxy) is 5. The molecule has 8 heteroatoms. The van der Waals surface area contributed by atoms with Crippen LogP contribution in [0.3, 0.4) is 0 Å². The Morgan fingerprint density at radius 2 is 1.03 bits per heavy atom. The molecule has 0 bridgehead atoms. The van der Waals surface area contributed by atoms with Crippen LogP contribution in [0, 0.1) is 0 Å². The molecule has 0 spiro atoms. The van der Waals surface area contributed by atoms with E-state index >= 15 is 0 Å². The summed E-state index contributed by atoms with van der Waals surface area (Å²) in [5, 5.41) is 0. The lowest BCUT2D eigenvalue weighted by Crippen LogP contribution is -2.58. The van der Waals surface area contributed by atoms with Crippen molar-refractivity contribution in [2.75, 3.05) is 13.7 Å². The van der Waals surface area contributed by atoms with Crippen LogP contribution in [0.15, 0.2) is 91.0 Å². The maximum atomic E-state index is 12.9. The standard InChI is InChI=1S/C27H24O8/c1-31-27-23(35-26(30)20-15-9-4-10-16-20)22(34-25(29)19-13-7-3-8-14-19)21(17-32-27)33-24(28)18-11-5-2-6-12-18/h2-16,21-23,27H,17H2,1H3/t21-,22+,23+,27-/m0/s1. The second kappa shape index (κ2) is 11.4. The molecular weight excluding hydrogens is 452 g/mol. The van der Waals surface area contributed by atoms with E-state index in [1.54, 1.807) is 91.0 Å². The highest BCUT2D eigenvalue weighted by molar-refractivity contribution is 5.91. The van der Waals surface area contributed by atoms with Crippen molar-refractivity contribution in [1.29, 1.82) is 0 Å². The van der Waals surface area contributed by atoms with Gasteiger partial charge in [0, 0.05) is 7.11 Å². The fraction of sp³-hybridized carbons (Fsp3) is 0.222. The number of hydrogen-bond donors (Lipinski definition) is 0. The van der Waals surface area contributed by atoms with E-state index in [0.29, 0.717) is 11.1 Å². The van der Waals surface area contributed by atoms with E-state index in [2.05, 4.69) is 0 Å². The molecule has 1 saturated heterocycles. The van der Waals surface area contributed by atoms with Crippen LogP contribution in [-0.2, 0) is 23.7 Å². The van der Waals surface area contributed by atoms with E-state index in [-0.39, 0.29) is 12.2 Å². The molecule has 180 valence electrons. The smallest absolute Gasteiger partial charge is 0.338 e. The van der Waals surface area contributed by atoms with Gasteiger partial charge in [-0.1, -0.05) is 54.6 Å². The molecule has 1 aliphatic heterocycles. The molecule has 4 rings (SSSR count). The zero-order valence-corrected chi connectivity index (χ0v) is 18.9. The molecule has 8 nitrogen and oxygen atoms in total. The molecule has 1 aliphatic rings. The summed E-state index contributed by atoms with van der Waals surface area (Å²) in [5.74, 6) is -1.98. The summed E-state index contributed by atoms with van der Waals surface area (Å²) < 4.78 is 28.1. The third-order valence-corrected chi connectivity index (χ3v) is 5.39. The van der Waals surface area contributed by atoms with Crippen LogP contribution in [0.1, 0.15) is 31.1 Å². The Labute approximate surface area is 202 Å². The van der Waals surface area contributed by atoms with Gasteiger partial charge in [0.1, 0.15) is 0 Å². The molecule has 0 amide bonds. The van der Waals surface area contributed by atoms with E-state index < -0.39 is 42.5 Å². The maximum absolute atomic E-state index is 12.9. The van der Waals surface area contributed by atoms with E-state index in [0.717, 1.165) is 0 Å². The van der Waals surface area contributed by atoms with Crippen LogP contribution in [-0.4, -0.2) is 56.2 Å². The third kappa shape index (κ3) is 5.92. The van der Waals surface area contributed by atoms with Crippen molar-refractivity contribution in [1.82, 2.24) is 0 Å². The summed E-state index contributed by atoms with van der Waals surface area (Å²) in [5.41, 5.74) is 0.889. The Kier molecular flexibility index (Phi) is 7.87. The highest BCUT2D eigenvalue weighted by atomic mass is 16.7. The van der Waals surface area contributed by atoms with Crippen molar-refractivity contribution in [3.8, 4) is 0 Å². The number of esters is 3. The Hall–Kier alpha value is -4.01. The predicted octanol–water partition coefficient (Wildman–Crippen LogP) is 3.67. The highest BCUT2D eigenvalue weighted by Gasteiger charge is 2.48. The van der Waals surface area contributed by atoms with Gasteiger partial charge >= 0.3 is 17.9 Å². The molecule has 1 fully saturated rings. The lowest BCUT2D eigenvalue weighted by atomic mass is 10.0. The minimum Gasteiger partial charge on any atom is -0.452 e. The van der Waals surface area contributed by atoms with Crippen LogP contribution < -0.4 is 0 Å². The SMILES string of the molecule is CO[C@H]1OC[C@H](OC(=O)c2ccccc2)[C@@H](OC(=O)c2ccccc2)[C@H]1OC(=O)c1ccccc1. The van der Waals surface area contributed by atoms with Gasteiger partial charge in [-0.2, -0.15) is 0 Å². The quantitative estimate of drug-likeness (QED) is 0.376. The Balaban J connectivity index is 1.62. The molecule has 0 saturated carbocycles. The van der Waals surface area contributed by atoms with Crippen molar-refractivity contribution in [2.45, 2.75) is 24.6 Å². The van der Waals surface area contributed by atoms with Gasteiger partial charge in [-0.3, -0.25) is 0 Å². The normalized spacial score (nSPS) is 21.5. The van der Waals surface area contributed by atoms with E-state index in [4.69, 9.17) is 23.7 Å². The summed E-state index contributed by atoms with van der Waals surface area (Å²) in [6.07, 6.45) is -4.51. The number of carbonyl (C=O) groups is 3. The van der Waals surface area contributed by atoms with Crippen molar-refractivity contribution >= 4 is 17.9 Å². The van der Waals surface area contributed by atoms with Gasteiger partial charge in [0.2, 0.25) is 0 Å². The molecule has 0 radical (unpaired) electrons. The average molecular weight is 476 g/mol. The molecule has 0 N–H and O–H groups in total. The molecular formula is C27H24O8. The first-order valence-corrected chi connectivity index (χ1v) is 11.0.